The number of hydrogen-bond donors (Lipinski definition) is 1. The van der Waals surface area contributed by atoms with Crippen LogP contribution in [-0.2, 0) is 11.3 Å². The fourth-order valence-corrected chi connectivity index (χ4v) is 4.99. The topological polar surface area (TPSA) is 32.3 Å². The number of carbonyl (C=O) groups excluding carboxylic acids is 1. The average molecular weight is 494 g/mol. The molecule has 0 aliphatic heterocycles. The van der Waals surface area contributed by atoms with Gasteiger partial charge in [-0.15, -0.1) is 0 Å². The van der Waals surface area contributed by atoms with Crippen LogP contribution in [0.3, 0.4) is 0 Å². The van der Waals surface area contributed by atoms with Crippen molar-refractivity contribution in [3.8, 4) is 0 Å². The fourth-order valence-electron chi connectivity index (χ4n) is 4.58. The summed E-state index contributed by atoms with van der Waals surface area (Å²) in [6.07, 6.45) is 5.49. The van der Waals surface area contributed by atoms with Crippen molar-refractivity contribution < 1.29 is 4.79 Å². The van der Waals surface area contributed by atoms with E-state index in [9.17, 15) is 4.79 Å². The summed E-state index contributed by atoms with van der Waals surface area (Å²) >= 11 is 3.58. The Morgan fingerprint density at radius 2 is 1.81 bits per heavy atom. The van der Waals surface area contributed by atoms with Crippen molar-refractivity contribution in [1.29, 1.82) is 0 Å². The van der Waals surface area contributed by atoms with Crippen molar-refractivity contribution in [3.63, 3.8) is 0 Å². The molecule has 0 spiro atoms. The van der Waals surface area contributed by atoms with Crippen LogP contribution in [0.2, 0.25) is 0 Å². The number of nitrogens with zero attached hydrogens (tertiary/aromatic N) is 1. The lowest BCUT2D eigenvalue weighted by molar-refractivity contribution is -0.134. The molecule has 1 amide bonds. The fraction of sp³-hybridized carbons (Fsp3) is 0.741. The van der Waals surface area contributed by atoms with Crippen LogP contribution < -0.4 is 5.32 Å². The molecule has 4 atom stereocenters. The Morgan fingerprint density at radius 1 is 1.16 bits per heavy atom. The molecule has 4 heteroatoms. The number of benzene rings is 1. The summed E-state index contributed by atoms with van der Waals surface area (Å²) in [5, 5.41) is 3.69. The van der Waals surface area contributed by atoms with Gasteiger partial charge < -0.3 is 10.2 Å². The Balaban J connectivity index is 1.90. The molecule has 0 aromatic heterocycles. The largest absolute Gasteiger partial charge is 0.343 e. The molecule has 3 nitrogen and oxygen atoms in total. The molecule has 1 aromatic carbocycles. The highest BCUT2D eigenvalue weighted by molar-refractivity contribution is 9.10. The number of amides is 1. The molecule has 1 N–H and O–H groups in total. The lowest BCUT2D eigenvalue weighted by Crippen LogP contribution is -2.40. The van der Waals surface area contributed by atoms with E-state index in [1.165, 1.54) is 17.5 Å². The molecule has 1 fully saturated rings. The van der Waals surface area contributed by atoms with E-state index in [0.29, 0.717) is 29.8 Å². The molecule has 31 heavy (non-hydrogen) atoms. The molecule has 0 heterocycles. The lowest BCUT2D eigenvalue weighted by Gasteiger charge is -2.31. The second-order valence-corrected chi connectivity index (χ2v) is 12.2. The first-order valence-corrected chi connectivity index (χ1v) is 12.9. The van der Waals surface area contributed by atoms with Gasteiger partial charge in [0.05, 0.1) is 0 Å². The summed E-state index contributed by atoms with van der Waals surface area (Å²) in [4.78, 5) is 15.3. The highest BCUT2D eigenvalue weighted by Crippen LogP contribution is 2.51. The van der Waals surface area contributed by atoms with Crippen molar-refractivity contribution in [2.75, 3.05) is 7.05 Å². The molecule has 1 aromatic rings. The van der Waals surface area contributed by atoms with Gasteiger partial charge >= 0.3 is 0 Å². The highest BCUT2D eigenvalue weighted by atomic mass is 79.9. The minimum atomic E-state index is 0.234. The third kappa shape index (κ3) is 8.20. The van der Waals surface area contributed by atoms with Gasteiger partial charge in [-0.2, -0.15) is 0 Å². The molecule has 1 aliphatic rings. The molecule has 0 bridgehead atoms. The Kier molecular flexibility index (Phi) is 9.63. The summed E-state index contributed by atoms with van der Waals surface area (Å²) < 4.78 is 1.13. The second-order valence-electron chi connectivity index (χ2n) is 11.3. The number of halogens is 1. The maximum atomic E-state index is 13.2. The smallest absolute Gasteiger partial charge is 0.225 e. The van der Waals surface area contributed by atoms with Crippen LogP contribution in [0.5, 0.6) is 0 Å². The first-order chi connectivity index (χ1) is 14.4. The first-order valence-electron chi connectivity index (χ1n) is 12.1. The number of nitrogens with one attached hydrogen (secondary N) is 1. The van der Waals surface area contributed by atoms with Crippen LogP contribution in [0.15, 0.2) is 22.7 Å². The van der Waals surface area contributed by atoms with Gasteiger partial charge in [0, 0.05) is 36.1 Å². The second kappa shape index (κ2) is 11.3. The molecule has 0 radical (unpaired) electrons. The molecule has 1 saturated carbocycles. The first kappa shape index (κ1) is 26.4. The minimum absolute atomic E-state index is 0.234. The molecule has 0 saturated heterocycles. The van der Waals surface area contributed by atoms with Crippen molar-refractivity contribution in [2.45, 2.75) is 99.2 Å². The van der Waals surface area contributed by atoms with Gasteiger partial charge in [-0.05, 0) is 86.5 Å². The predicted octanol–water partition coefficient (Wildman–Crippen LogP) is 6.96. The van der Waals surface area contributed by atoms with Crippen LogP contribution >= 0.6 is 15.9 Å². The van der Waals surface area contributed by atoms with E-state index in [0.717, 1.165) is 36.7 Å². The standard InChI is InChI=1S/C27H45BrN2O/c1-18(2)9-13-23(30(8)26(31)24-16-25(24)27(5,6)7)14-11-20(4)29-17-21-15-22(28)12-10-19(21)3/h10,12,15,18,20,23-25,29H,9,11,13-14,16-17H2,1-8H3/t20-,23-,24?,25?/m1/s1. The predicted molar refractivity (Wildman–Crippen MR) is 136 cm³/mol. The van der Waals surface area contributed by atoms with E-state index in [4.69, 9.17) is 0 Å². The quantitative estimate of drug-likeness (QED) is 0.361. The van der Waals surface area contributed by atoms with Gasteiger partial charge in [0.1, 0.15) is 0 Å². The van der Waals surface area contributed by atoms with Crippen molar-refractivity contribution >= 4 is 21.8 Å². The summed E-state index contributed by atoms with van der Waals surface area (Å²) in [5.74, 6) is 1.83. The highest BCUT2D eigenvalue weighted by Gasteiger charge is 2.50. The van der Waals surface area contributed by atoms with Gasteiger partial charge in [0.15, 0.2) is 0 Å². The van der Waals surface area contributed by atoms with Crippen LogP contribution in [0.25, 0.3) is 0 Å². The Morgan fingerprint density at radius 3 is 2.39 bits per heavy atom. The Hall–Kier alpha value is -0.870. The van der Waals surface area contributed by atoms with E-state index < -0.39 is 0 Å². The summed E-state index contributed by atoms with van der Waals surface area (Å²) in [6.45, 7) is 16.7. The van der Waals surface area contributed by atoms with Crippen LogP contribution in [-0.4, -0.2) is 29.9 Å². The number of rotatable bonds is 11. The Bertz CT molecular complexity index is 724. The maximum absolute atomic E-state index is 13.2. The van der Waals surface area contributed by atoms with Gasteiger partial charge in [0.2, 0.25) is 5.91 Å². The van der Waals surface area contributed by atoms with Crippen LogP contribution in [0.1, 0.15) is 84.8 Å². The van der Waals surface area contributed by atoms with Gasteiger partial charge in [0.25, 0.3) is 0 Å². The van der Waals surface area contributed by atoms with Crippen molar-refractivity contribution in [2.24, 2.45) is 23.2 Å². The summed E-state index contributed by atoms with van der Waals surface area (Å²) in [6, 6.07) is 7.23. The average Bonchev–Trinajstić information content (AvgIpc) is 3.48. The van der Waals surface area contributed by atoms with E-state index in [2.05, 4.69) is 92.8 Å². The zero-order valence-electron chi connectivity index (χ0n) is 21.1. The normalized spacial score (nSPS) is 20.6. The SMILES string of the molecule is Cc1ccc(Br)cc1CN[C@H](C)CC[C@@H](CCC(C)C)N(C)C(=O)C1CC1C(C)(C)C. The molecule has 2 unspecified atom stereocenters. The zero-order valence-corrected chi connectivity index (χ0v) is 22.7. The van der Waals surface area contributed by atoms with Crippen molar-refractivity contribution in [1.82, 2.24) is 10.2 Å². The Labute approximate surface area is 199 Å². The minimum Gasteiger partial charge on any atom is -0.343 e. The molecular formula is C27H45BrN2O. The molecule has 1 aliphatic carbocycles. The number of aryl methyl sites for hydroxylation is 1. The maximum Gasteiger partial charge on any atom is 0.225 e. The molecular weight excluding hydrogens is 448 g/mol. The third-order valence-electron chi connectivity index (χ3n) is 7.08. The number of carbonyl (C=O) groups is 1. The van der Waals surface area contributed by atoms with E-state index in [1.807, 2.05) is 7.05 Å². The number of hydrogen-bond acceptors (Lipinski definition) is 2. The van der Waals surface area contributed by atoms with Gasteiger partial charge in [-0.3, -0.25) is 4.79 Å². The van der Waals surface area contributed by atoms with E-state index in [1.54, 1.807) is 0 Å². The van der Waals surface area contributed by atoms with Crippen LogP contribution in [0, 0.1) is 30.1 Å². The van der Waals surface area contributed by atoms with Gasteiger partial charge in [-0.25, -0.2) is 0 Å². The van der Waals surface area contributed by atoms with Crippen molar-refractivity contribution in [3.05, 3.63) is 33.8 Å². The van der Waals surface area contributed by atoms with Gasteiger partial charge in [-0.1, -0.05) is 56.6 Å². The van der Waals surface area contributed by atoms with E-state index in [-0.39, 0.29) is 11.3 Å². The zero-order chi connectivity index (χ0) is 23.3. The third-order valence-corrected chi connectivity index (χ3v) is 7.57. The monoisotopic (exact) mass is 492 g/mol. The summed E-state index contributed by atoms with van der Waals surface area (Å²) in [7, 11) is 2.05. The van der Waals surface area contributed by atoms with E-state index >= 15 is 0 Å². The lowest BCUT2D eigenvalue weighted by atomic mass is 9.88. The van der Waals surface area contributed by atoms with Crippen LogP contribution in [0.4, 0.5) is 0 Å². The summed E-state index contributed by atoms with van der Waals surface area (Å²) in [5.41, 5.74) is 2.89. The molecule has 176 valence electrons. The molecule has 2 rings (SSSR count).